The third-order valence-corrected chi connectivity index (χ3v) is 9.73. The lowest BCUT2D eigenvalue weighted by Gasteiger charge is -2.33. The molecule has 0 bridgehead atoms. The molecule has 1 N–H and O–H groups in total. The Morgan fingerprint density at radius 3 is 2.69 bits per heavy atom. The van der Waals surface area contributed by atoms with Gasteiger partial charge in [0.2, 0.25) is 0 Å². The van der Waals surface area contributed by atoms with E-state index in [-0.39, 0.29) is 11.3 Å². The van der Waals surface area contributed by atoms with Gasteiger partial charge in [-0.05, 0) is 95.3 Å². The number of carbonyl (C=O) groups excluding carboxylic acids is 1. The van der Waals surface area contributed by atoms with Gasteiger partial charge in [-0.25, -0.2) is 4.99 Å². The third kappa shape index (κ3) is 6.99. The summed E-state index contributed by atoms with van der Waals surface area (Å²) in [7, 11) is 0. The van der Waals surface area contributed by atoms with Crippen LogP contribution in [0.1, 0.15) is 71.8 Å². The molecule has 2 aromatic heterocycles. The Labute approximate surface area is 269 Å². The predicted molar refractivity (Wildman–Crippen MR) is 182 cm³/mol. The topological polar surface area (TPSA) is 73.1 Å². The lowest BCUT2D eigenvalue weighted by Crippen LogP contribution is -2.28. The second-order valence-corrected chi connectivity index (χ2v) is 13.7. The van der Waals surface area contributed by atoms with Crippen molar-refractivity contribution in [1.29, 1.82) is 0 Å². The highest BCUT2D eigenvalue weighted by molar-refractivity contribution is 7.16. The molecule has 0 radical (unpaired) electrons. The van der Waals surface area contributed by atoms with E-state index in [1.807, 2.05) is 55.6 Å². The van der Waals surface area contributed by atoms with Gasteiger partial charge in [-0.2, -0.15) is 0 Å². The molecule has 6 nitrogen and oxygen atoms in total. The highest BCUT2D eigenvalue weighted by Gasteiger charge is 2.33. The van der Waals surface area contributed by atoms with Crippen molar-refractivity contribution in [2.75, 3.05) is 6.61 Å². The Bertz CT molecular complexity index is 1810. The molecule has 5 aromatic rings. The Morgan fingerprint density at radius 1 is 1.04 bits per heavy atom. The van der Waals surface area contributed by atoms with Crippen LogP contribution < -0.4 is 14.8 Å². The maximum absolute atomic E-state index is 13.6. The maximum atomic E-state index is 13.6. The standard InChI is InChI=1S/C38H40N2O4S/c1-5-42-33-20-25(15-18-32(33)44-24-27-12-8-11-26-10-6-7-14-30(26)27)22-40-37-35(36(41)39-23-29-13-9-19-43-29)31-17-16-28(38(2,3)4)21-34(31)45-37/h6-15,18-20,22,28H,5,16-17,21,23-24H2,1-4H3,(H,39,41)/t28-/m0/s1. The number of carbonyl (C=O) groups is 1. The van der Waals surface area contributed by atoms with E-state index in [1.54, 1.807) is 17.6 Å². The van der Waals surface area contributed by atoms with Crippen LogP contribution in [-0.2, 0) is 26.0 Å². The molecule has 1 aliphatic rings. The number of rotatable bonds is 10. The second kappa shape index (κ2) is 13.3. The van der Waals surface area contributed by atoms with E-state index >= 15 is 0 Å². The van der Waals surface area contributed by atoms with Gasteiger partial charge in [0.05, 0.1) is 25.0 Å². The van der Waals surface area contributed by atoms with Gasteiger partial charge in [-0.1, -0.05) is 63.2 Å². The molecule has 0 fully saturated rings. The zero-order chi connectivity index (χ0) is 31.4. The summed E-state index contributed by atoms with van der Waals surface area (Å²) in [5, 5.41) is 6.16. The molecule has 3 aromatic carbocycles. The number of benzene rings is 3. The van der Waals surface area contributed by atoms with Gasteiger partial charge >= 0.3 is 0 Å². The highest BCUT2D eigenvalue weighted by atomic mass is 32.1. The normalized spacial score (nSPS) is 14.9. The van der Waals surface area contributed by atoms with Crippen molar-refractivity contribution in [3.05, 3.63) is 112 Å². The molecule has 7 heteroatoms. The molecule has 0 spiro atoms. The van der Waals surface area contributed by atoms with Gasteiger partial charge in [0, 0.05) is 11.1 Å². The smallest absolute Gasteiger partial charge is 0.255 e. The number of hydrogen-bond donors (Lipinski definition) is 1. The van der Waals surface area contributed by atoms with E-state index < -0.39 is 0 Å². The molecule has 0 aliphatic heterocycles. The fourth-order valence-electron chi connectivity index (χ4n) is 6.00. The van der Waals surface area contributed by atoms with Gasteiger partial charge in [-0.3, -0.25) is 4.79 Å². The van der Waals surface area contributed by atoms with E-state index in [0.717, 1.165) is 46.7 Å². The summed E-state index contributed by atoms with van der Waals surface area (Å²) in [6.07, 6.45) is 6.34. The second-order valence-electron chi connectivity index (χ2n) is 12.6. The highest BCUT2D eigenvalue weighted by Crippen LogP contribution is 2.45. The monoisotopic (exact) mass is 620 g/mol. The number of fused-ring (bicyclic) bond motifs is 2. The average molecular weight is 621 g/mol. The van der Waals surface area contributed by atoms with Gasteiger partial charge in [0.25, 0.3) is 5.91 Å². The van der Waals surface area contributed by atoms with E-state index in [0.29, 0.717) is 42.7 Å². The first-order valence-corrected chi connectivity index (χ1v) is 16.5. The summed E-state index contributed by atoms with van der Waals surface area (Å²) in [5.74, 6) is 2.51. The number of ether oxygens (including phenoxy) is 2. The molecule has 1 atom stereocenters. The van der Waals surface area contributed by atoms with Gasteiger partial charge in [0.1, 0.15) is 17.4 Å². The molecule has 0 saturated carbocycles. The maximum Gasteiger partial charge on any atom is 0.255 e. The first-order valence-electron chi connectivity index (χ1n) is 15.7. The predicted octanol–water partition coefficient (Wildman–Crippen LogP) is 9.30. The molecule has 1 amide bonds. The molecule has 0 saturated heterocycles. The number of aliphatic imine (C=N–C) groups is 1. The zero-order valence-corrected chi connectivity index (χ0v) is 27.2. The molecule has 1 aliphatic carbocycles. The first-order chi connectivity index (χ1) is 21.8. The number of furan rings is 1. The van der Waals surface area contributed by atoms with Crippen molar-refractivity contribution in [1.82, 2.24) is 5.32 Å². The number of hydrogen-bond acceptors (Lipinski definition) is 6. The summed E-state index contributed by atoms with van der Waals surface area (Å²) in [4.78, 5) is 19.8. The summed E-state index contributed by atoms with van der Waals surface area (Å²) in [6.45, 7) is 10.2. The van der Waals surface area contributed by atoms with Gasteiger partial charge in [-0.15, -0.1) is 11.3 Å². The number of thiophene rings is 1. The van der Waals surface area contributed by atoms with Crippen LogP contribution in [0, 0.1) is 11.3 Å². The zero-order valence-electron chi connectivity index (χ0n) is 26.4. The van der Waals surface area contributed by atoms with Crippen molar-refractivity contribution < 1.29 is 18.7 Å². The largest absolute Gasteiger partial charge is 0.490 e. The van der Waals surface area contributed by atoms with Crippen molar-refractivity contribution in [3.63, 3.8) is 0 Å². The van der Waals surface area contributed by atoms with Crippen LogP contribution in [0.4, 0.5) is 5.00 Å². The molecule has 232 valence electrons. The van der Waals surface area contributed by atoms with E-state index in [9.17, 15) is 4.79 Å². The Morgan fingerprint density at radius 2 is 1.89 bits per heavy atom. The molecular formula is C38H40N2O4S. The average Bonchev–Trinajstić information content (AvgIpc) is 3.69. The first kappa shape index (κ1) is 30.7. The minimum absolute atomic E-state index is 0.113. The van der Waals surface area contributed by atoms with Crippen LogP contribution in [0.2, 0.25) is 0 Å². The molecular weight excluding hydrogens is 580 g/mol. The number of amides is 1. The number of nitrogens with one attached hydrogen (secondary N) is 1. The molecule has 2 heterocycles. The van der Waals surface area contributed by atoms with Crippen LogP contribution in [0.25, 0.3) is 10.8 Å². The molecule has 6 rings (SSSR count). The summed E-state index contributed by atoms with van der Waals surface area (Å²) in [6, 6.07) is 24.1. The lowest BCUT2D eigenvalue weighted by atomic mass is 9.72. The lowest BCUT2D eigenvalue weighted by molar-refractivity contribution is 0.0947. The minimum Gasteiger partial charge on any atom is -0.490 e. The van der Waals surface area contributed by atoms with Crippen molar-refractivity contribution in [2.24, 2.45) is 16.3 Å². The summed E-state index contributed by atoms with van der Waals surface area (Å²) >= 11 is 1.64. The van der Waals surface area contributed by atoms with Crippen LogP contribution in [0.5, 0.6) is 11.5 Å². The van der Waals surface area contributed by atoms with Crippen molar-refractivity contribution in [3.8, 4) is 11.5 Å². The molecule has 0 unspecified atom stereocenters. The Hall–Kier alpha value is -4.36. The van der Waals surface area contributed by atoms with Crippen LogP contribution in [0.3, 0.4) is 0 Å². The quantitative estimate of drug-likeness (QED) is 0.158. The Kier molecular flexibility index (Phi) is 9.08. The van der Waals surface area contributed by atoms with Crippen LogP contribution >= 0.6 is 11.3 Å². The van der Waals surface area contributed by atoms with Crippen molar-refractivity contribution >= 4 is 39.2 Å². The summed E-state index contributed by atoms with van der Waals surface area (Å²) < 4.78 is 17.7. The van der Waals surface area contributed by atoms with Gasteiger partial charge < -0.3 is 19.2 Å². The fourth-order valence-corrected chi connectivity index (χ4v) is 7.27. The van der Waals surface area contributed by atoms with Crippen molar-refractivity contribution in [2.45, 2.75) is 60.1 Å². The van der Waals surface area contributed by atoms with Crippen LogP contribution in [-0.4, -0.2) is 18.7 Å². The third-order valence-electron chi connectivity index (χ3n) is 8.56. The fraction of sp³-hybridized carbons (Fsp3) is 0.316. The van der Waals surface area contributed by atoms with E-state index in [1.165, 1.54) is 15.6 Å². The Balaban J connectivity index is 1.25. The minimum atomic E-state index is -0.113. The van der Waals surface area contributed by atoms with E-state index in [4.69, 9.17) is 18.9 Å². The molecule has 45 heavy (non-hydrogen) atoms. The van der Waals surface area contributed by atoms with Crippen LogP contribution in [0.15, 0.2) is 88.5 Å². The summed E-state index contributed by atoms with van der Waals surface area (Å²) in [5.41, 5.74) is 4.02. The SMILES string of the molecule is CCOc1cc(C=Nc2sc3c(c2C(=O)NCc2ccco2)CC[C@H](C(C)(C)C)C3)ccc1OCc1cccc2ccccc12. The number of nitrogens with zero attached hydrogens (tertiary/aromatic N) is 1. The van der Waals surface area contributed by atoms with E-state index in [2.05, 4.69) is 56.4 Å². The van der Waals surface area contributed by atoms with Gasteiger partial charge in [0.15, 0.2) is 11.5 Å².